The minimum atomic E-state index is -0.962. The van der Waals surface area contributed by atoms with Crippen LogP contribution in [0.2, 0.25) is 0 Å². The van der Waals surface area contributed by atoms with Crippen molar-refractivity contribution in [1.29, 1.82) is 0 Å². The first-order chi connectivity index (χ1) is 23.3. The molecule has 3 aliphatic rings. The fourth-order valence-electron chi connectivity index (χ4n) is 7.29. The number of benzene rings is 2. The molecule has 0 aliphatic carbocycles. The number of H-pyrrole nitrogens is 1. The van der Waals surface area contributed by atoms with Crippen molar-refractivity contribution in [2.45, 2.75) is 50.6 Å². The molecule has 0 saturated carbocycles. The van der Waals surface area contributed by atoms with Gasteiger partial charge in [-0.2, -0.15) is 0 Å². The van der Waals surface area contributed by atoms with Gasteiger partial charge in [0.15, 0.2) is 17.5 Å². The molecule has 2 atom stereocenters. The zero-order valence-corrected chi connectivity index (χ0v) is 26.3. The van der Waals surface area contributed by atoms with Crippen LogP contribution in [-0.4, -0.2) is 49.8 Å². The lowest BCUT2D eigenvalue weighted by Crippen LogP contribution is -2.30. The van der Waals surface area contributed by atoms with Gasteiger partial charge in [0.1, 0.15) is 5.82 Å². The molecule has 2 saturated heterocycles. The molecule has 8 rings (SSSR count). The van der Waals surface area contributed by atoms with Gasteiger partial charge in [-0.25, -0.2) is 18.0 Å². The molecule has 2 aromatic carbocycles. The molecule has 2 amide bonds. The maximum atomic E-state index is 14.1. The van der Waals surface area contributed by atoms with E-state index in [1.807, 2.05) is 4.90 Å². The number of nitrogens with one attached hydrogen (secondary N) is 1. The van der Waals surface area contributed by atoms with E-state index in [1.54, 1.807) is 29.2 Å². The molecule has 6 heterocycles. The molecule has 2 fully saturated rings. The molecule has 244 valence electrons. The third-order valence-corrected chi connectivity index (χ3v) is 10.6. The van der Waals surface area contributed by atoms with Crippen molar-refractivity contribution in [2.75, 3.05) is 13.1 Å². The Hall–Kier alpha value is -5.04. The molecule has 1 N–H and O–H groups in total. The highest BCUT2D eigenvalue weighted by Gasteiger charge is 2.45. The van der Waals surface area contributed by atoms with Crippen molar-refractivity contribution in [1.82, 2.24) is 24.9 Å². The van der Waals surface area contributed by atoms with Gasteiger partial charge in [0.2, 0.25) is 0 Å². The van der Waals surface area contributed by atoms with Crippen molar-refractivity contribution in [3.05, 3.63) is 116 Å². The van der Waals surface area contributed by atoms with Crippen molar-refractivity contribution in [2.24, 2.45) is 0 Å². The Kier molecular flexibility index (Phi) is 7.50. The summed E-state index contributed by atoms with van der Waals surface area (Å²) >= 11 is 1.20. The molecular formula is C35H28F3N5O4S. The monoisotopic (exact) mass is 671 g/mol. The number of carbonyl (C=O) groups is 2. The molecular weight excluding hydrogens is 643 g/mol. The second-order valence-electron chi connectivity index (χ2n) is 12.3. The lowest BCUT2D eigenvalue weighted by Gasteiger charge is -2.24. The van der Waals surface area contributed by atoms with Gasteiger partial charge in [0.05, 0.1) is 39.5 Å². The average Bonchev–Trinajstić information content (AvgIpc) is 3.93. The Balaban J connectivity index is 1.24. The highest BCUT2D eigenvalue weighted by Crippen LogP contribution is 2.49. The number of hydrogen-bond donors (Lipinski definition) is 1. The molecule has 3 aliphatic heterocycles. The van der Waals surface area contributed by atoms with Crippen LogP contribution in [-0.2, 0) is 12.8 Å². The number of carbonyl (C=O) groups excluding carboxylic acids is 2. The first kappa shape index (κ1) is 30.3. The molecule has 48 heavy (non-hydrogen) atoms. The number of amides is 2. The number of pyridine rings is 1. The molecule has 0 radical (unpaired) electrons. The molecule has 0 bridgehead atoms. The first-order valence-corrected chi connectivity index (χ1v) is 16.6. The maximum absolute atomic E-state index is 14.1. The van der Waals surface area contributed by atoms with Gasteiger partial charge in [-0.15, -0.1) is 11.3 Å². The van der Waals surface area contributed by atoms with Gasteiger partial charge in [0, 0.05) is 23.5 Å². The third-order valence-electron chi connectivity index (χ3n) is 9.49. The summed E-state index contributed by atoms with van der Waals surface area (Å²) in [5.41, 5.74) is 3.99. The van der Waals surface area contributed by atoms with Gasteiger partial charge in [0.25, 0.3) is 11.8 Å². The summed E-state index contributed by atoms with van der Waals surface area (Å²) in [6.07, 6.45) is 3.81. The SMILES string of the molecule is O=C(c1ccc(-c2c3c(nc(CCc4ccc(F)cc4)c2-c2noc(=O)[nH]2)[C@H]2CCCN2C3=O)s1)N1CCC[C@@H]1c1ccc(F)c(F)c1. The minimum Gasteiger partial charge on any atom is -0.331 e. The molecule has 9 nitrogen and oxygen atoms in total. The zero-order valence-electron chi connectivity index (χ0n) is 25.5. The fraction of sp³-hybridized carbons (Fsp3) is 0.286. The van der Waals surface area contributed by atoms with Crippen molar-refractivity contribution >= 4 is 23.2 Å². The van der Waals surface area contributed by atoms with E-state index in [0.29, 0.717) is 82.2 Å². The summed E-state index contributed by atoms with van der Waals surface area (Å²) in [7, 11) is 0. The Morgan fingerprint density at radius 3 is 2.46 bits per heavy atom. The van der Waals surface area contributed by atoms with E-state index in [2.05, 4.69) is 10.1 Å². The van der Waals surface area contributed by atoms with Crippen LogP contribution in [0.25, 0.3) is 21.8 Å². The predicted molar refractivity (Wildman–Crippen MR) is 170 cm³/mol. The predicted octanol–water partition coefficient (Wildman–Crippen LogP) is 6.62. The molecule has 13 heteroatoms. The molecule has 0 unspecified atom stereocenters. The molecule has 3 aromatic heterocycles. The number of fused-ring (bicyclic) bond motifs is 3. The smallest absolute Gasteiger partial charge is 0.331 e. The largest absolute Gasteiger partial charge is 0.439 e. The zero-order chi connectivity index (χ0) is 33.1. The van der Waals surface area contributed by atoms with E-state index in [0.717, 1.165) is 30.5 Å². The number of hydrogen-bond acceptors (Lipinski definition) is 7. The van der Waals surface area contributed by atoms with Crippen LogP contribution >= 0.6 is 11.3 Å². The normalized spacial score (nSPS) is 18.5. The van der Waals surface area contributed by atoms with Gasteiger partial charge in [-0.05, 0) is 86.1 Å². The van der Waals surface area contributed by atoms with Gasteiger partial charge < -0.3 is 9.80 Å². The summed E-state index contributed by atoms with van der Waals surface area (Å²) in [5.74, 6) is -3.35. The van der Waals surface area contributed by atoms with E-state index in [1.165, 1.54) is 29.5 Å². The lowest BCUT2D eigenvalue weighted by atomic mass is 9.93. The van der Waals surface area contributed by atoms with Crippen LogP contribution in [0.15, 0.2) is 63.9 Å². The number of likely N-dealkylation sites (tertiary alicyclic amines) is 1. The Bertz CT molecular complexity index is 2140. The van der Waals surface area contributed by atoms with Crippen LogP contribution in [0.1, 0.15) is 80.3 Å². The fourth-order valence-corrected chi connectivity index (χ4v) is 8.31. The third kappa shape index (κ3) is 5.13. The highest BCUT2D eigenvalue weighted by atomic mass is 32.1. The minimum absolute atomic E-state index is 0.110. The maximum Gasteiger partial charge on any atom is 0.439 e. The molecule has 5 aromatic rings. The summed E-state index contributed by atoms with van der Waals surface area (Å²) < 4.78 is 46.3. The van der Waals surface area contributed by atoms with E-state index in [-0.39, 0.29) is 29.5 Å². The van der Waals surface area contributed by atoms with E-state index in [4.69, 9.17) is 9.51 Å². The second-order valence-corrected chi connectivity index (χ2v) is 13.4. The van der Waals surface area contributed by atoms with Crippen molar-refractivity contribution in [3.8, 4) is 21.8 Å². The van der Waals surface area contributed by atoms with Crippen LogP contribution in [0.4, 0.5) is 13.2 Å². The Morgan fingerprint density at radius 2 is 1.69 bits per heavy atom. The van der Waals surface area contributed by atoms with Gasteiger partial charge >= 0.3 is 5.76 Å². The first-order valence-electron chi connectivity index (χ1n) is 15.8. The topological polar surface area (TPSA) is 112 Å². The highest BCUT2D eigenvalue weighted by molar-refractivity contribution is 7.17. The number of aromatic amines is 1. The number of aromatic nitrogens is 3. The lowest BCUT2D eigenvalue weighted by molar-refractivity contribution is 0.0738. The standard InChI is InChI=1S/C35H28F3N5O4S/c36-20-9-5-18(6-10-20)7-12-23-28(32-40-35(46)47-41-32)29(30-31(39-23)25-4-2-16-43(25)34(30)45)26-13-14-27(48-26)33(44)42-15-1-3-24(42)19-8-11-21(37)22(38)17-19/h5-6,8-11,13-14,17,24-25H,1-4,7,12,15-16H2,(H,40,41,46)/t24-,25-/m1/s1. The Labute approximate surface area is 276 Å². The van der Waals surface area contributed by atoms with Crippen LogP contribution in [0.5, 0.6) is 0 Å². The van der Waals surface area contributed by atoms with Gasteiger partial charge in [-0.3, -0.25) is 24.1 Å². The Morgan fingerprint density at radius 1 is 0.896 bits per heavy atom. The van der Waals surface area contributed by atoms with Crippen LogP contribution < -0.4 is 5.76 Å². The van der Waals surface area contributed by atoms with E-state index < -0.39 is 23.4 Å². The average molecular weight is 672 g/mol. The van der Waals surface area contributed by atoms with E-state index in [9.17, 15) is 27.6 Å². The number of halogens is 3. The number of nitrogens with zero attached hydrogens (tertiary/aromatic N) is 4. The van der Waals surface area contributed by atoms with Crippen LogP contribution in [0.3, 0.4) is 0 Å². The summed E-state index contributed by atoms with van der Waals surface area (Å²) in [4.78, 5) is 52.4. The van der Waals surface area contributed by atoms with Crippen molar-refractivity contribution < 1.29 is 27.3 Å². The summed E-state index contributed by atoms with van der Waals surface area (Å²) in [5, 5.41) is 4.00. The summed E-state index contributed by atoms with van der Waals surface area (Å²) in [6, 6.07) is 12.8. The number of aryl methyl sites for hydroxylation is 2. The molecule has 0 spiro atoms. The quantitative estimate of drug-likeness (QED) is 0.208. The van der Waals surface area contributed by atoms with Crippen LogP contribution in [0, 0.1) is 17.5 Å². The van der Waals surface area contributed by atoms with Gasteiger partial charge in [-0.1, -0.05) is 23.4 Å². The second kappa shape index (κ2) is 11.9. The summed E-state index contributed by atoms with van der Waals surface area (Å²) in [6.45, 7) is 1.04. The van der Waals surface area contributed by atoms with Crippen molar-refractivity contribution in [3.63, 3.8) is 0 Å². The number of thiophene rings is 1. The van der Waals surface area contributed by atoms with E-state index >= 15 is 0 Å². The number of rotatable bonds is 7.